The Kier molecular flexibility index (Phi) is 9.40. The Balaban J connectivity index is 3.89. The second kappa shape index (κ2) is 8.96. The van der Waals surface area contributed by atoms with Crippen molar-refractivity contribution in [1.82, 2.24) is 0 Å². The molecule has 0 aromatic carbocycles. The summed E-state index contributed by atoms with van der Waals surface area (Å²) < 4.78 is 17.0. The van der Waals surface area contributed by atoms with Crippen molar-refractivity contribution in [3.8, 4) is 0 Å². The summed E-state index contributed by atoms with van der Waals surface area (Å²) in [5.41, 5.74) is 0. The third kappa shape index (κ3) is 7.05. The summed E-state index contributed by atoms with van der Waals surface area (Å²) in [6.45, 7) is 8.47. The maximum atomic E-state index is 5.68. The molecule has 0 aliphatic rings. The fourth-order valence-electron chi connectivity index (χ4n) is 0.987. The Bertz CT molecular complexity index is 113. The molecule has 0 amide bonds. The Labute approximate surface area is 97.4 Å². The molecule has 3 nitrogen and oxygen atoms in total. The van der Waals surface area contributed by atoms with Gasteiger partial charge in [-0.15, -0.1) is 0 Å². The van der Waals surface area contributed by atoms with Gasteiger partial charge in [0.2, 0.25) is 0 Å². The molecule has 5 heteroatoms. The van der Waals surface area contributed by atoms with Crippen LogP contribution in [0.5, 0.6) is 0 Å². The minimum atomic E-state index is -2.31. The van der Waals surface area contributed by atoms with Gasteiger partial charge >= 0.3 is 97.3 Å². The fraction of sp³-hybridized carbons (Fsp3) is 1.00. The van der Waals surface area contributed by atoms with Crippen LogP contribution in [0.1, 0.15) is 40.0 Å². The molecule has 0 aliphatic heterocycles. The van der Waals surface area contributed by atoms with Crippen molar-refractivity contribution in [3.63, 3.8) is 0 Å². The van der Waals surface area contributed by atoms with Crippen molar-refractivity contribution in [2.75, 3.05) is 19.8 Å². The SMILES string of the molecule is [Li][Si](OCCC)(OCCC)OCCC. The van der Waals surface area contributed by atoms with Crippen LogP contribution in [0.15, 0.2) is 0 Å². The van der Waals surface area contributed by atoms with E-state index in [0.29, 0.717) is 0 Å². The number of rotatable bonds is 9. The summed E-state index contributed by atoms with van der Waals surface area (Å²) in [5.74, 6) is 0. The predicted molar refractivity (Wildman–Crippen MR) is 60.2 cm³/mol. The van der Waals surface area contributed by atoms with E-state index in [1.807, 2.05) is 17.0 Å². The molecule has 0 rings (SSSR count). The molecule has 14 heavy (non-hydrogen) atoms. The van der Waals surface area contributed by atoms with E-state index >= 15 is 0 Å². The van der Waals surface area contributed by atoms with E-state index in [1.165, 1.54) is 0 Å². The van der Waals surface area contributed by atoms with Gasteiger partial charge in [-0.25, -0.2) is 0 Å². The van der Waals surface area contributed by atoms with Gasteiger partial charge in [0.05, 0.1) is 0 Å². The van der Waals surface area contributed by atoms with E-state index < -0.39 is 7.13 Å². The summed E-state index contributed by atoms with van der Waals surface area (Å²) in [6.07, 6.45) is 3.02. The maximum absolute atomic E-state index is 5.68. The third-order valence-corrected chi connectivity index (χ3v) is 3.89. The van der Waals surface area contributed by atoms with E-state index in [1.54, 1.807) is 0 Å². The summed E-state index contributed by atoms with van der Waals surface area (Å²) in [4.78, 5) is 0. The molecule has 0 heterocycles. The molecule has 80 valence electrons. The van der Waals surface area contributed by atoms with Crippen molar-refractivity contribution in [1.29, 1.82) is 0 Å². The average Bonchev–Trinajstić information content (AvgIpc) is 2.21. The van der Waals surface area contributed by atoms with Crippen LogP contribution < -0.4 is 0 Å². The summed E-state index contributed by atoms with van der Waals surface area (Å²) in [6, 6.07) is 0. The first-order valence-corrected chi connectivity index (χ1v) is 7.82. The average molecular weight is 212 g/mol. The Hall–Kier alpha value is 0.694. The van der Waals surface area contributed by atoms with Gasteiger partial charge in [-0.3, -0.25) is 0 Å². The third-order valence-electron chi connectivity index (χ3n) is 1.71. The second-order valence-electron chi connectivity index (χ2n) is 3.41. The van der Waals surface area contributed by atoms with Gasteiger partial charge in [-0.1, -0.05) is 0 Å². The first-order chi connectivity index (χ1) is 6.68. The summed E-state index contributed by atoms with van der Waals surface area (Å²) >= 11 is 1.98. The van der Waals surface area contributed by atoms with E-state index in [0.717, 1.165) is 39.1 Å². The van der Waals surface area contributed by atoms with Gasteiger partial charge in [0.1, 0.15) is 0 Å². The molecule has 0 saturated heterocycles. The molecular weight excluding hydrogens is 191 g/mol. The van der Waals surface area contributed by atoms with E-state index in [-0.39, 0.29) is 0 Å². The quantitative estimate of drug-likeness (QED) is 0.546. The van der Waals surface area contributed by atoms with Gasteiger partial charge in [-0.05, 0) is 0 Å². The van der Waals surface area contributed by atoms with Crippen LogP contribution in [0.3, 0.4) is 0 Å². The van der Waals surface area contributed by atoms with E-state index in [9.17, 15) is 0 Å². The molecule has 0 radical (unpaired) electrons. The standard InChI is InChI=1S/C9H21O3Si.Li/c1-4-7-10-13(11-8-5-2)12-9-6-3;/h4-9H2,1-3H3;. The molecule has 0 unspecified atom stereocenters. The molecular formula is C9H21LiO3Si. The zero-order chi connectivity index (χ0) is 10.9. The van der Waals surface area contributed by atoms with Crippen molar-refractivity contribution < 1.29 is 13.3 Å². The van der Waals surface area contributed by atoms with Crippen molar-refractivity contribution in [3.05, 3.63) is 0 Å². The zero-order valence-electron chi connectivity index (χ0n) is 9.97. The van der Waals surface area contributed by atoms with Crippen molar-refractivity contribution in [2.24, 2.45) is 0 Å². The fourth-order valence-corrected chi connectivity index (χ4v) is 2.96. The first kappa shape index (κ1) is 14.7. The minimum absolute atomic E-state index is 0.732. The molecule has 0 atom stereocenters. The predicted octanol–water partition coefficient (Wildman–Crippen LogP) is 1.87. The Morgan fingerprint density at radius 3 is 1.29 bits per heavy atom. The van der Waals surface area contributed by atoms with Crippen LogP contribution in [-0.4, -0.2) is 44.0 Å². The van der Waals surface area contributed by atoms with Crippen LogP contribution in [0.4, 0.5) is 0 Å². The van der Waals surface area contributed by atoms with Crippen LogP contribution in [0.2, 0.25) is 0 Å². The topological polar surface area (TPSA) is 27.7 Å². The molecule has 0 spiro atoms. The van der Waals surface area contributed by atoms with Gasteiger partial charge in [0.25, 0.3) is 0 Å². The van der Waals surface area contributed by atoms with Crippen LogP contribution in [0.25, 0.3) is 0 Å². The van der Waals surface area contributed by atoms with Crippen LogP contribution >= 0.6 is 0 Å². The summed E-state index contributed by atoms with van der Waals surface area (Å²) in [5, 5.41) is 0. The second-order valence-corrected chi connectivity index (χ2v) is 6.00. The number of hydrogen-bond donors (Lipinski definition) is 0. The molecule has 0 saturated carbocycles. The zero-order valence-corrected chi connectivity index (χ0v) is 11.0. The molecule has 0 aromatic heterocycles. The van der Waals surface area contributed by atoms with Crippen LogP contribution in [-0.2, 0) is 13.3 Å². The van der Waals surface area contributed by atoms with Crippen molar-refractivity contribution in [2.45, 2.75) is 40.0 Å². The van der Waals surface area contributed by atoms with Gasteiger partial charge in [-0.2, -0.15) is 0 Å². The molecule has 0 N–H and O–H groups in total. The molecule has 0 aromatic rings. The number of hydrogen-bond acceptors (Lipinski definition) is 3. The summed E-state index contributed by atoms with van der Waals surface area (Å²) in [7, 11) is -2.31. The van der Waals surface area contributed by atoms with Crippen LogP contribution in [0, 0.1) is 0 Å². The van der Waals surface area contributed by atoms with Gasteiger partial charge in [0, 0.05) is 0 Å². The monoisotopic (exact) mass is 212 g/mol. The molecule has 0 bridgehead atoms. The van der Waals surface area contributed by atoms with E-state index in [4.69, 9.17) is 13.3 Å². The Morgan fingerprint density at radius 1 is 0.786 bits per heavy atom. The van der Waals surface area contributed by atoms with Gasteiger partial charge < -0.3 is 0 Å². The molecule has 0 fully saturated rings. The molecule has 0 aliphatic carbocycles. The Morgan fingerprint density at radius 2 is 1.07 bits per heavy atom. The van der Waals surface area contributed by atoms with E-state index in [2.05, 4.69) is 20.8 Å². The van der Waals surface area contributed by atoms with Gasteiger partial charge in [0.15, 0.2) is 0 Å². The normalized spacial score (nSPS) is 12.1. The first-order valence-electron chi connectivity index (χ1n) is 5.60. The van der Waals surface area contributed by atoms with Crippen molar-refractivity contribution >= 4 is 24.2 Å².